The number of carbonyl (C=O) groups excluding carboxylic acids is 1. The molecule has 0 fully saturated rings. The molecule has 1 amide bonds. The van der Waals surface area contributed by atoms with E-state index in [1.165, 1.54) is 12.1 Å². The number of nitrogens with one attached hydrogen (secondary N) is 1. The van der Waals surface area contributed by atoms with Gasteiger partial charge in [-0.25, -0.2) is 0 Å². The van der Waals surface area contributed by atoms with E-state index in [0.29, 0.717) is 22.7 Å². The van der Waals surface area contributed by atoms with Gasteiger partial charge >= 0.3 is 0 Å². The molecule has 2 N–H and O–H groups in total. The summed E-state index contributed by atoms with van der Waals surface area (Å²) in [5, 5.41) is 16.2. The highest BCUT2D eigenvalue weighted by Crippen LogP contribution is 2.26. The second-order valence-corrected chi connectivity index (χ2v) is 4.83. The van der Waals surface area contributed by atoms with Gasteiger partial charge in [0.05, 0.1) is 0 Å². The van der Waals surface area contributed by atoms with E-state index in [4.69, 9.17) is 4.52 Å². The number of amides is 1. The maximum absolute atomic E-state index is 12.5. The first kappa shape index (κ1) is 13.9. The summed E-state index contributed by atoms with van der Waals surface area (Å²) >= 11 is 0. The van der Waals surface area contributed by atoms with Crippen molar-refractivity contribution < 1.29 is 14.4 Å². The predicted molar refractivity (Wildman–Crippen MR) is 82.7 cm³/mol. The molecule has 3 rings (SSSR count). The summed E-state index contributed by atoms with van der Waals surface area (Å²) in [6, 6.07) is 15.7. The van der Waals surface area contributed by atoms with Gasteiger partial charge in [-0.05, 0) is 19.1 Å². The first-order valence-corrected chi connectivity index (χ1v) is 6.77. The maximum Gasteiger partial charge on any atom is 0.261 e. The van der Waals surface area contributed by atoms with Crippen LogP contribution in [0.5, 0.6) is 5.75 Å². The Hall–Kier alpha value is -3.08. The lowest BCUT2D eigenvalue weighted by Crippen LogP contribution is -2.13. The molecular weight excluding hydrogens is 280 g/mol. The molecule has 0 aliphatic rings. The van der Waals surface area contributed by atoms with Crippen molar-refractivity contribution in [1.29, 1.82) is 0 Å². The zero-order chi connectivity index (χ0) is 15.5. The molecule has 0 atom stereocenters. The number of anilines is 1. The smallest absolute Gasteiger partial charge is 0.261 e. The van der Waals surface area contributed by atoms with E-state index in [2.05, 4.69) is 10.5 Å². The van der Waals surface area contributed by atoms with Gasteiger partial charge < -0.3 is 14.9 Å². The highest BCUT2D eigenvalue weighted by Gasteiger charge is 2.21. The largest absolute Gasteiger partial charge is 0.508 e. The van der Waals surface area contributed by atoms with Gasteiger partial charge in [0.1, 0.15) is 22.8 Å². The summed E-state index contributed by atoms with van der Waals surface area (Å²) in [6.07, 6.45) is 0. The third-order valence-corrected chi connectivity index (χ3v) is 3.24. The van der Waals surface area contributed by atoms with Crippen LogP contribution in [-0.2, 0) is 0 Å². The summed E-state index contributed by atoms with van der Waals surface area (Å²) in [5.74, 6) is 0.197. The molecule has 5 nitrogen and oxygen atoms in total. The Morgan fingerprint density at radius 1 is 1.14 bits per heavy atom. The van der Waals surface area contributed by atoms with Crippen molar-refractivity contribution >= 4 is 11.6 Å². The molecule has 5 heteroatoms. The summed E-state index contributed by atoms with van der Waals surface area (Å²) in [7, 11) is 0. The van der Waals surface area contributed by atoms with E-state index < -0.39 is 0 Å². The number of phenolic OH excluding ortho intramolecular Hbond substituents is 1. The molecule has 2 aromatic carbocycles. The van der Waals surface area contributed by atoms with E-state index in [0.717, 1.165) is 5.56 Å². The van der Waals surface area contributed by atoms with Crippen molar-refractivity contribution in [3.05, 3.63) is 65.9 Å². The lowest BCUT2D eigenvalue weighted by molar-refractivity contribution is 0.102. The topological polar surface area (TPSA) is 75.4 Å². The molecule has 1 aromatic heterocycles. The quantitative estimate of drug-likeness (QED) is 0.773. The number of hydrogen-bond donors (Lipinski definition) is 2. The molecule has 0 saturated carbocycles. The highest BCUT2D eigenvalue weighted by molar-refractivity contribution is 6.08. The maximum atomic E-state index is 12.5. The van der Waals surface area contributed by atoms with Crippen LogP contribution in [0.1, 0.15) is 16.1 Å². The third-order valence-electron chi connectivity index (χ3n) is 3.24. The fraction of sp³-hybridized carbons (Fsp3) is 0.0588. The number of benzene rings is 2. The molecule has 1 heterocycles. The second-order valence-electron chi connectivity index (χ2n) is 4.83. The molecule has 0 radical (unpaired) electrons. The van der Waals surface area contributed by atoms with Crippen molar-refractivity contribution in [2.75, 3.05) is 5.32 Å². The van der Waals surface area contributed by atoms with E-state index in [9.17, 15) is 9.90 Å². The van der Waals surface area contributed by atoms with Crippen molar-refractivity contribution in [2.45, 2.75) is 6.92 Å². The van der Waals surface area contributed by atoms with Crippen LogP contribution in [-0.4, -0.2) is 16.2 Å². The minimum Gasteiger partial charge on any atom is -0.508 e. The molecule has 0 bridgehead atoms. The summed E-state index contributed by atoms with van der Waals surface area (Å²) < 4.78 is 5.17. The van der Waals surface area contributed by atoms with Crippen LogP contribution in [0.25, 0.3) is 11.3 Å². The lowest BCUT2D eigenvalue weighted by Gasteiger charge is -2.06. The number of carbonyl (C=O) groups is 1. The van der Waals surface area contributed by atoms with Crippen LogP contribution in [0.15, 0.2) is 59.1 Å². The van der Waals surface area contributed by atoms with Gasteiger partial charge in [0, 0.05) is 17.3 Å². The number of rotatable bonds is 3. The van der Waals surface area contributed by atoms with Gasteiger partial charge in [0.15, 0.2) is 0 Å². The van der Waals surface area contributed by atoms with Crippen molar-refractivity contribution in [3.8, 4) is 17.0 Å². The fourth-order valence-corrected chi connectivity index (χ4v) is 2.21. The van der Waals surface area contributed by atoms with Gasteiger partial charge in [-0.15, -0.1) is 0 Å². The van der Waals surface area contributed by atoms with E-state index in [1.807, 2.05) is 30.3 Å². The second kappa shape index (κ2) is 5.73. The fourth-order valence-electron chi connectivity index (χ4n) is 2.21. The van der Waals surface area contributed by atoms with Crippen molar-refractivity contribution in [1.82, 2.24) is 5.16 Å². The van der Waals surface area contributed by atoms with E-state index in [1.54, 1.807) is 19.1 Å². The summed E-state index contributed by atoms with van der Waals surface area (Å²) in [5.41, 5.74) is 2.19. The van der Waals surface area contributed by atoms with Gasteiger partial charge in [0.25, 0.3) is 5.91 Å². The monoisotopic (exact) mass is 294 g/mol. The Morgan fingerprint density at radius 2 is 1.91 bits per heavy atom. The van der Waals surface area contributed by atoms with Crippen LogP contribution in [0.3, 0.4) is 0 Å². The van der Waals surface area contributed by atoms with Crippen molar-refractivity contribution in [2.24, 2.45) is 0 Å². The summed E-state index contributed by atoms with van der Waals surface area (Å²) in [4.78, 5) is 12.5. The number of nitrogens with zero attached hydrogens (tertiary/aromatic N) is 1. The molecule has 0 aliphatic heterocycles. The molecule has 0 unspecified atom stereocenters. The molecule has 3 aromatic rings. The number of aromatic nitrogens is 1. The number of aryl methyl sites for hydroxylation is 1. The van der Waals surface area contributed by atoms with Gasteiger partial charge in [-0.3, -0.25) is 4.79 Å². The van der Waals surface area contributed by atoms with Crippen LogP contribution in [0, 0.1) is 6.92 Å². The normalized spacial score (nSPS) is 10.4. The molecule has 22 heavy (non-hydrogen) atoms. The average Bonchev–Trinajstić information content (AvgIpc) is 2.90. The van der Waals surface area contributed by atoms with Gasteiger partial charge in [-0.2, -0.15) is 0 Å². The third kappa shape index (κ3) is 2.69. The van der Waals surface area contributed by atoms with Crippen LogP contribution in [0.4, 0.5) is 5.69 Å². The highest BCUT2D eigenvalue weighted by atomic mass is 16.5. The Kier molecular flexibility index (Phi) is 3.62. The lowest BCUT2D eigenvalue weighted by atomic mass is 10.1. The number of hydrogen-bond acceptors (Lipinski definition) is 4. The van der Waals surface area contributed by atoms with Gasteiger partial charge in [-0.1, -0.05) is 41.6 Å². The van der Waals surface area contributed by atoms with E-state index in [-0.39, 0.29) is 11.7 Å². The number of phenols is 1. The Labute approximate surface area is 127 Å². The van der Waals surface area contributed by atoms with Crippen molar-refractivity contribution in [3.63, 3.8) is 0 Å². The minimum atomic E-state index is -0.330. The molecular formula is C17H14N2O3. The molecule has 0 aliphatic carbocycles. The summed E-state index contributed by atoms with van der Waals surface area (Å²) in [6.45, 7) is 1.69. The zero-order valence-electron chi connectivity index (χ0n) is 11.9. The van der Waals surface area contributed by atoms with Crippen LogP contribution < -0.4 is 5.32 Å². The van der Waals surface area contributed by atoms with Crippen LogP contribution in [0.2, 0.25) is 0 Å². The minimum absolute atomic E-state index is 0.0862. The first-order chi connectivity index (χ1) is 10.6. The molecule has 0 spiro atoms. The Balaban J connectivity index is 1.95. The predicted octanol–water partition coefficient (Wildman–Crippen LogP) is 3.61. The average molecular weight is 294 g/mol. The molecule has 110 valence electrons. The van der Waals surface area contributed by atoms with E-state index >= 15 is 0 Å². The van der Waals surface area contributed by atoms with Crippen LogP contribution >= 0.6 is 0 Å². The SMILES string of the molecule is Cc1onc(-c2ccccc2)c1C(=O)Nc1cccc(O)c1. The standard InChI is InChI=1S/C17H14N2O3/c1-11-15(16(19-22-11)12-6-3-2-4-7-12)17(21)18-13-8-5-9-14(20)10-13/h2-10,20H,1H3,(H,18,21). The Bertz CT molecular complexity index is 810. The Morgan fingerprint density at radius 3 is 2.64 bits per heavy atom. The van der Waals surface area contributed by atoms with Gasteiger partial charge in [0.2, 0.25) is 0 Å². The zero-order valence-corrected chi connectivity index (χ0v) is 11.9. The first-order valence-electron chi connectivity index (χ1n) is 6.77. The molecule has 0 saturated heterocycles. The number of aromatic hydroxyl groups is 1.